The van der Waals surface area contributed by atoms with E-state index in [9.17, 15) is 4.79 Å². The fraction of sp³-hybridized carbons (Fsp3) is 0.364. The minimum atomic E-state index is -0.526. The van der Waals surface area contributed by atoms with Crippen molar-refractivity contribution in [1.29, 1.82) is 0 Å². The van der Waals surface area contributed by atoms with Crippen LogP contribution in [-0.2, 0) is 11.2 Å². The number of nitrogens with two attached hydrogens (primary N) is 1. The Labute approximate surface area is 89.1 Å². The normalized spacial score (nSPS) is 12.1. The Kier molecular flexibility index (Phi) is 4.12. The maximum Gasteiger partial charge on any atom is 0.224 e. The summed E-state index contributed by atoms with van der Waals surface area (Å²) in [5.74, 6) is -0.131. The van der Waals surface area contributed by atoms with Crippen molar-refractivity contribution >= 4 is 11.6 Å². The third kappa shape index (κ3) is 3.99. The van der Waals surface area contributed by atoms with Gasteiger partial charge in [0.25, 0.3) is 0 Å². The Morgan fingerprint density at radius 1 is 1.53 bits per heavy atom. The number of nitrogen functional groups attached to an aromatic ring is 1. The molecule has 0 aliphatic rings. The lowest BCUT2D eigenvalue weighted by Gasteiger charge is -2.08. The molecule has 0 saturated carbocycles. The van der Waals surface area contributed by atoms with Crippen LogP contribution in [0.4, 0.5) is 5.69 Å². The molecule has 15 heavy (non-hydrogen) atoms. The number of amides is 1. The van der Waals surface area contributed by atoms with Gasteiger partial charge in [-0.15, -0.1) is 0 Å². The maximum absolute atomic E-state index is 11.4. The fourth-order valence-corrected chi connectivity index (χ4v) is 1.19. The zero-order valence-electron chi connectivity index (χ0n) is 8.73. The minimum Gasteiger partial charge on any atom is -0.398 e. The molecule has 0 radical (unpaired) electrons. The molecule has 0 spiro atoms. The van der Waals surface area contributed by atoms with E-state index in [1.165, 1.54) is 0 Å². The van der Waals surface area contributed by atoms with Crippen LogP contribution in [0.15, 0.2) is 24.3 Å². The molecule has 4 nitrogen and oxygen atoms in total. The number of anilines is 1. The molecule has 4 N–H and O–H groups in total. The maximum atomic E-state index is 11.4. The molecule has 0 unspecified atom stereocenters. The summed E-state index contributed by atoms with van der Waals surface area (Å²) in [6, 6.07) is 7.24. The quantitative estimate of drug-likeness (QED) is 0.623. The standard InChI is InChI=1S/C11H16N2O2/c1-8(14)7-13-11(15)6-9-4-2-3-5-10(9)12/h2-5,8,14H,6-7,12H2,1H3,(H,13,15)/t8-/m0/s1. The largest absolute Gasteiger partial charge is 0.398 e. The number of carbonyl (C=O) groups excluding carboxylic acids is 1. The lowest BCUT2D eigenvalue weighted by Crippen LogP contribution is -2.31. The van der Waals surface area contributed by atoms with Gasteiger partial charge in [0.05, 0.1) is 12.5 Å². The molecule has 1 amide bonds. The van der Waals surface area contributed by atoms with Crippen LogP contribution >= 0.6 is 0 Å². The smallest absolute Gasteiger partial charge is 0.224 e. The van der Waals surface area contributed by atoms with Crippen LogP contribution in [0.1, 0.15) is 12.5 Å². The first-order chi connectivity index (χ1) is 7.09. The summed E-state index contributed by atoms with van der Waals surface area (Å²) in [7, 11) is 0. The van der Waals surface area contributed by atoms with Crippen LogP contribution in [0, 0.1) is 0 Å². The highest BCUT2D eigenvalue weighted by molar-refractivity contribution is 5.80. The summed E-state index contributed by atoms with van der Waals surface area (Å²) in [6.45, 7) is 1.89. The van der Waals surface area contributed by atoms with Crippen molar-refractivity contribution in [3.05, 3.63) is 29.8 Å². The van der Waals surface area contributed by atoms with Crippen molar-refractivity contribution in [1.82, 2.24) is 5.32 Å². The molecular weight excluding hydrogens is 192 g/mol. The molecule has 0 aliphatic heterocycles. The van der Waals surface area contributed by atoms with Crippen LogP contribution in [0.2, 0.25) is 0 Å². The van der Waals surface area contributed by atoms with E-state index in [-0.39, 0.29) is 18.9 Å². The average Bonchev–Trinajstić information content (AvgIpc) is 2.18. The highest BCUT2D eigenvalue weighted by Gasteiger charge is 2.06. The summed E-state index contributed by atoms with van der Waals surface area (Å²) >= 11 is 0. The van der Waals surface area contributed by atoms with Gasteiger partial charge in [0.1, 0.15) is 0 Å². The van der Waals surface area contributed by atoms with Gasteiger partial charge in [-0.3, -0.25) is 4.79 Å². The highest BCUT2D eigenvalue weighted by Crippen LogP contribution is 2.10. The Hall–Kier alpha value is -1.55. The van der Waals surface area contributed by atoms with Crippen molar-refractivity contribution in [2.24, 2.45) is 0 Å². The first kappa shape index (κ1) is 11.5. The van der Waals surface area contributed by atoms with E-state index in [0.717, 1.165) is 5.56 Å². The molecule has 0 fully saturated rings. The van der Waals surface area contributed by atoms with Crippen molar-refractivity contribution < 1.29 is 9.90 Å². The molecule has 0 aliphatic carbocycles. The average molecular weight is 208 g/mol. The van der Waals surface area contributed by atoms with E-state index in [2.05, 4.69) is 5.32 Å². The molecule has 1 rings (SSSR count). The van der Waals surface area contributed by atoms with Crippen molar-refractivity contribution in [3.8, 4) is 0 Å². The van der Waals surface area contributed by atoms with Crippen LogP contribution in [0.3, 0.4) is 0 Å². The number of nitrogens with one attached hydrogen (secondary N) is 1. The predicted molar refractivity (Wildman–Crippen MR) is 59.2 cm³/mol. The van der Waals surface area contributed by atoms with Gasteiger partial charge < -0.3 is 16.2 Å². The van der Waals surface area contributed by atoms with E-state index in [1.54, 1.807) is 13.0 Å². The summed E-state index contributed by atoms with van der Waals surface area (Å²) in [5.41, 5.74) is 7.12. The Bertz CT molecular complexity index is 337. The Morgan fingerprint density at radius 2 is 2.20 bits per heavy atom. The number of aliphatic hydroxyl groups is 1. The molecule has 0 heterocycles. The van der Waals surface area contributed by atoms with Gasteiger partial charge in [-0.2, -0.15) is 0 Å². The second-order valence-corrected chi connectivity index (χ2v) is 3.53. The lowest BCUT2D eigenvalue weighted by atomic mass is 10.1. The second kappa shape index (κ2) is 5.36. The number of aliphatic hydroxyl groups excluding tert-OH is 1. The first-order valence-electron chi connectivity index (χ1n) is 4.87. The van der Waals surface area contributed by atoms with Gasteiger partial charge in [-0.25, -0.2) is 0 Å². The third-order valence-corrected chi connectivity index (χ3v) is 2.00. The number of hydrogen-bond acceptors (Lipinski definition) is 3. The van der Waals surface area contributed by atoms with Gasteiger partial charge in [-0.05, 0) is 18.6 Å². The molecule has 0 aromatic heterocycles. The van der Waals surface area contributed by atoms with E-state index in [4.69, 9.17) is 10.8 Å². The number of para-hydroxylation sites is 1. The van der Waals surface area contributed by atoms with E-state index in [0.29, 0.717) is 5.69 Å². The molecular formula is C11H16N2O2. The summed E-state index contributed by atoms with van der Waals surface area (Å²) in [6.07, 6.45) is -0.276. The van der Waals surface area contributed by atoms with Gasteiger partial charge in [0.15, 0.2) is 0 Å². The number of benzene rings is 1. The SMILES string of the molecule is C[C@H](O)CNC(=O)Cc1ccccc1N. The summed E-state index contributed by atoms with van der Waals surface area (Å²) < 4.78 is 0. The van der Waals surface area contributed by atoms with E-state index >= 15 is 0 Å². The molecule has 4 heteroatoms. The summed E-state index contributed by atoms with van der Waals surface area (Å²) in [4.78, 5) is 11.4. The van der Waals surface area contributed by atoms with Crippen molar-refractivity contribution in [2.45, 2.75) is 19.4 Å². The highest BCUT2D eigenvalue weighted by atomic mass is 16.3. The Morgan fingerprint density at radius 3 is 2.80 bits per heavy atom. The monoisotopic (exact) mass is 208 g/mol. The molecule has 1 aromatic rings. The van der Waals surface area contributed by atoms with Crippen LogP contribution in [0.5, 0.6) is 0 Å². The lowest BCUT2D eigenvalue weighted by molar-refractivity contribution is -0.120. The van der Waals surface area contributed by atoms with Crippen LogP contribution in [0.25, 0.3) is 0 Å². The minimum absolute atomic E-state index is 0.131. The third-order valence-electron chi connectivity index (χ3n) is 2.00. The van der Waals surface area contributed by atoms with Gasteiger partial charge in [-0.1, -0.05) is 18.2 Å². The number of rotatable bonds is 4. The van der Waals surface area contributed by atoms with Gasteiger partial charge in [0, 0.05) is 12.2 Å². The Balaban J connectivity index is 2.48. The van der Waals surface area contributed by atoms with Crippen LogP contribution in [-0.4, -0.2) is 23.7 Å². The molecule has 82 valence electrons. The predicted octanol–water partition coefficient (Wildman–Crippen LogP) is 0.308. The van der Waals surface area contributed by atoms with Gasteiger partial charge in [0.2, 0.25) is 5.91 Å². The number of hydrogen-bond donors (Lipinski definition) is 3. The fourth-order valence-electron chi connectivity index (χ4n) is 1.19. The van der Waals surface area contributed by atoms with E-state index < -0.39 is 6.10 Å². The van der Waals surface area contributed by atoms with Gasteiger partial charge >= 0.3 is 0 Å². The van der Waals surface area contributed by atoms with E-state index in [1.807, 2.05) is 18.2 Å². The van der Waals surface area contributed by atoms with Crippen molar-refractivity contribution in [3.63, 3.8) is 0 Å². The first-order valence-corrected chi connectivity index (χ1v) is 4.87. The van der Waals surface area contributed by atoms with Crippen LogP contribution < -0.4 is 11.1 Å². The zero-order valence-corrected chi connectivity index (χ0v) is 8.73. The zero-order chi connectivity index (χ0) is 11.3. The molecule has 0 saturated heterocycles. The number of carbonyl (C=O) groups is 1. The molecule has 1 aromatic carbocycles. The topological polar surface area (TPSA) is 75.3 Å². The molecule has 1 atom stereocenters. The summed E-state index contributed by atoms with van der Waals surface area (Å²) in [5, 5.41) is 11.6. The second-order valence-electron chi connectivity index (χ2n) is 3.53. The molecule has 0 bridgehead atoms. The van der Waals surface area contributed by atoms with Crippen molar-refractivity contribution in [2.75, 3.05) is 12.3 Å².